The van der Waals surface area contributed by atoms with Crippen molar-refractivity contribution >= 4 is 58.0 Å². The monoisotopic (exact) mass is 355 g/mol. The third-order valence-corrected chi connectivity index (χ3v) is 5.03. The predicted octanol–water partition coefficient (Wildman–Crippen LogP) is 2.70. The smallest absolute Gasteiger partial charge is 0.323 e. The molecule has 1 N–H and O–H groups in total. The second-order valence-electron chi connectivity index (χ2n) is 4.28. The van der Waals surface area contributed by atoms with Gasteiger partial charge in [0.05, 0.1) is 12.0 Å². The van der Waals surface area contributed by atoms with Crippen molar-refractivity contribution in [1.29, 1.82) is 0 Å². The van der Waals surface area contributed by atoms with Crippen LogP contribution in [0.25, 0.3) is 6.08 Å². The van der Waals surface area contributed by atoms with Crippen LogP contribution in [0.4, 0.5) is 0 Å². The standard InChI is InChI=1S/C14H13NO4S3/c1-19-9-5-8(3-4-10(9)21-2)6-11-13(18)15(7-12(16)17)14(20)22-11/h3-6H,7H2,1-2H3,(H,16,17). The molecular weight excluding hydrogens is 342 g/mol. The molecule has 0 atom stereocenters. The van der Waals surface area contributed by atoms with E-state index in [0.717, 1.165) is 32.9 Å². The Kier molecular flexibility index (Phi) is 5.49. The number of hydrogen-bond donors (Lipinski definition) is 1. The Morgan fingerprint density at radius 2 is 2.27 bits per heavy atom. The Balaban J connectivity index is 2.28. The summed E-state index contributed by atoms with van der Waals surface area (Å²) in [6.45, 7) is -0.420. The number of amides is 1. The number of carbonyl (C=O) groups excluding carboxylic acids is 1. The van der Waals surface area contributed by atoms with Gasteiger partial charge in [0.15, 0.2) is 0 Å². The molecule has 0 unspecified atom stereocenters. The van der Waals surface area contributed by atoms with Gasteiger partial charge < -0.3 is 9.84 Å². The molecule has 2 rings (SSSR count). The molecule has 22 heavy (non-hydrogen) atoms. The predicted molar refractivity (Wildman–Crippen MR) is 92.3 cm³/mol. The molecule has 1 aromatic rings. The fraction of sp³-hybridized carbons (Fsp3) is 0.214. The third-order valence-electron chi connectivity index (χ3n) is 2.87. The number of carboxylic acid groups (broad SMARTS) is 1. The number of benzene rings is 1. The summed E-state index contributed by atoms with van der Waals surface area (Å²) in [5.41, 5.74) is 0.797. The van der Waals surface area contributed by atoms with Gasteiger partial charge in [0, 0.05) is 4.90 Å². The molecule has 0 aliphatic carbocycles. The van der Waals surface area contributed by atoms with E-state index in [2.05, 4.69) is 0 Å². The Hall–Kier alpha value is -1.51. The number of aliphatic carboxylic acids is 1. The van der Waals surface area contributed by atoms with Crippen molar-refractivity contribution in [2.24, 2.45) is 0 Å². The van der Waals surface area contributed by atoms with Gasteiger partial charge in [-0.15, -0.1) is 11.8 Å². The lowest BCUT2D eigenvalue weighted by Gasteiger charge is -2.10. The lowest BCUT2D eigenvalue weighted by molar-refractivity contribution is -0.140. The summed E-state index contributed by atoms with van der Waals surface area (Å²) in [5.74, 6) is -0.754. The van der Waals surface area contributed by atoms with Crippen molar-refractivity contribution in [1.82, 2.24) is 4.90 Å². The highest BCUT2D eigenvalue weighted by molar-refractivity contribution is 8.26. The number of ether oxygens (including phenoxy) is 1. The first-order chi connectivity index (χ1) is 10.5. The molecule has 1 aromatic carbocycles. The van der Waals surface area contributed by atoms with E-state index in [1.807, 2.05) is 24.5 Å². The summed E-state index contributed by atoms with van der Waals surface area (Å²) >= 11 is 7.72. The Morgan fingerprint density at radius 3 is 2.86 bits per heavy atom. The normalized spacial score (nSPS) is 16.5. The van der Waals surface area contributed by atoms with Crippen LogP contribution in [0.15, 0.2) is 28.0 Å². The van der Waals surface area contributed by atoms with Crippen molar-refractivity contribution < 1.29 is 19.4 Å². The van der Waals surface area contributed by atoms with Gasteiger partial charge in [0.2, 0.25) is 0 Å². The maximum Gasteiger partial charge on any atom is 0.323 e. The van der Waals surface area contributed by atoms with Crippen molar-refractivity contribution in [2.75, 3.05) is 19.9 Å². The van der Waals surface area contributed by atoms with E-state index < -0.39 is 12.5 Å². The lowest BCUT2D eigenvalue weighted by atomic mass is 10.2. The first-order valence-electron chi connectivity index (χ1n) is 6.15. The molecule has 116 valence electrons. The molecule has 1 aliphatic rings. The molecule has 1 heterocycles. The van der Waals surface area contributed by atoms with E-state index in [1.54, 1.807) is 24.9 Å². The summed E-state index contributed by atoms with van der Waals surface area (Å²) in [5, 5.41) is 8.81. The van der Waals surface area contributed by atoms with Gasteiger partial charge in [-0.1, -0.05) is 30.0 Å². The minimum atomic E-state index is -1.09. The molecule has 1 saturated heterocycles. The highest BCUT2D eigenvalue weighted by Gasteiger charge is 2.33. The largest absolute Gasteiger partial charge is 0.496 e. The molecule has 0 radical (unpaired) electrons. The lowest BCUT2D eigenvalue weighted by Crippen LogP contribution is -2.33. The van der Waals surface area contributed by atoms with Gasteiger partial charge in [-0.05, 0) is 30.0 Å². The van der Waals surface area contributed by atoms with Gasteiger partial charge >= 0.3 is 5.97 Å². The van der Waals surface area contributed by atoms with Crippen LogP contribution >= 0.6 is 35.7 Å². The molecule has 1 aliphatic heterocycles. The maximum absolute atomic E-state index is 12.2. The molecule has 0 bridgehead atoms. The van der Waals surface area contributed by atoms with E-state index in [4.69, 9.17) is 22.1 Å². The van der Waals surface area contributed by atoms with Gasteiger partial charge in [0.1, 0.15) is 16.6 Å². The number of nitrogens with zero attached hydrogens (tertiary/aromatic N) is 1. The SMILES string of the molecule is COc1cc(C=C2SC(=S)N(CC(=O)O)C2=O)ccc1SC. The van der Waals surface area contributed by atoms with Crippen LogP contribution in [0, 0.1) is 0 Å². The minimum absolute atomic E-state index is 0.256. The van der Waals surface area contributed by atoms with E-state index in [9.17, 15) is 9.59 Å². The molecule has 0 saturated carbocycles. The molecule has 0 aromatic heterocycles. The molecule has 5 nitrogen and oxygen atoms in total. The second-order valence-corrected chi connectivity index (χ2v) is 6.80. The number of hydrogen-bond acceptors (Lipinski definition) is 6. The van der Waals surface area contributed by atoms with Crippen molar-refractivity contribution in [3.8, 4) is 5.75 Å². The van der Waals surface area contributed by atoms with Crippen LogP contribution in [-0.4, -0.2) is 46.1 Å². The highest BCUT2D eigenvalue weighted by atomic mass is 32.2. The summed E-state index contributed by atoms with van der Waals surface area (Å²) in [4.78, 5) is 25.4. The molecule has 8 heteroatoms. The minimum Gasteiger partial charge on any atom is -0.496 e. The molecule has 1 amide bonds. The number of thioether (sulfide) groups is 2. The summed E-state index contributed by atoms with van der Waals surface area (Å²) in [7, 11) is 1.59. The van der Waals surface area contributed by atoms with Crippen LogP contribution in [0.2, 0.25) is 0 Å². The number of thiocarbonyl (C=S) groups is 1. The number of carbonyl (C=O) groups is 2. The van der Waals surface area contributed by atoms with Crippen molar-refractivity contribution in [3.63, 3.8) is 0 Å². The van der Waals surface area contributed by atoms with Gasteiger partial charge in [-0.25, -0.2) is 0 Å². The van der Waals surface area contributed by atoms with Crippen molar-refractivity contribution in [3.05, 3.63) is 28.7 Å². The number of rotatable bonds is 5. The first kappa shape index (κ1) is 16.9. The van der Waals surface area contributed by atoms with Crippen molar-refractivity contribution in [2.45, 2.75) is 4.90 Å². The van der Waals surface area contributed by atoms with E-state index >= 15 is 0 Å². The van der Waals surface area contributed by atoms with Gasteiger partial charge in [-0.3, -0.25) is 14.5 Å². The first-order valence-corrected chi connectivity index (χ1v) is 8.60. The fourth-order valence-electron chi connectivity index (χ4n) is 1.87. The second kappa shape index (κ2) is 7.17. The van der Waals surface area contributed by atoms with E-state index in [1.165, 1.54) is 0 Å². The third kappa shape index (κ3) is 3.63. The Morgan fingerprint density at radius 1 is 1.55 bits per heavy atom. The fourth-order valence-corrected chi connectivity index (χ4v) is 3.67. The molecule has 0 spiro atoms. The maximum atomic E-state index is 12.2. The average molecular weight is 355 g/mol. The van der Waals surface area contributed by atoms with E-state index in [-0.39, 0.29) is 10.2 Å². The van der Waals surface area contributed by atoms with Gasteiger partial charge in [0.25, 0.3) is 5.91 Å². The topological polar surface area (TPSA) is 66.8 Å². The summed E-state index contributed by atoms with van der Waals surface area (Å²) in [6, 6.07) is 5.61. The number of methoxy groups -OCH3 is 1. The quantitative estimate of drug-likeness (QED) is 0.495. The van der Waals surface area contributed by atoms with Crippen LogP contribution in [0.1, 0.15) is 5.56 Å². The summed E-state index contributed by atoms with van der Waals surface area (Å²) < 4.78 is 5.56. The Bertz CT molecular complexity index is 672. The zero-order valence-corrected chi connectivity index (χ0v) is 14.3. The molecule has 1 fully saturated rings. The van der Waals surface area contributed by atoms with Crippen LogP contribution < -0.4 is 4.74 Å². The zero-order valence-electron chi connectivity index (χ0n) is 11.9. The highest BCUT2D eigenvalue weighted by Crippen LogP contribution is 2.34. The van der Waals surface area contributed by atoms with Crippen LogP contribution in [0.5, 0.6) is 5.75 Å². The van der Waals surface area contributed by atoms with Crippen LogP contribution in [0.3, 0.4) is 0 Å². The zero-order chi connectivity index (χ0) is 16.3. The molecular formula is C14H13NO4S3. The van der Waals surface area contributed by atoms with Gasteiger partial charge in [-0.2, -0.15) is 0 Å². The average Bonchev–Trinajstić information content (AvgIpc) is 2.74. The number of carboxylic acids is 1. The van der Waals surface area contributed by atoms with Crippen LogP contribution in [-0.2, 0) is 9.59 Å². The Labute approximate surface area is 141 Å². The van der Waals surface area contributed by atoms with E-state index in [0.29, 0.717) is 4.91 Å². The summed E-state index contributed by atoms with van der Waals surface area (Å²) in [6.07, 6.45) is 3.64.